The van der Waals surface area contributed by atoms with Gasteiger partial charge in [0.1, 0.15) is 0 Å². The van der Waals surface area contributed by atoms with Crippen molar-refractivity contribution >= 4 is 11.8 Å². The first kappa shape index (κ1) is 7.20. The van der Waals surface area contributed by atoms with Gasteiger partial charge in [-0.1, -0.05) is 19.1 Å². The molecule has 1 aliphatic rings. The van der Waals surface area contributed by atoms with Crippen LogP contribution in [0.25, 0.3) is 0 Å². The van der Waals surface area contributed by atoms with E-state index >= 15 is 0 Å². The summed E-state index contributed by atoms with van der Waals surface area (Å²) in [5.74, 6) is 0. The lowest BCUT2D eigenvalue weighted by Gasteiger charge is -2.27. The Labute approximate surface area is 61.7 Å². The smallest absolute Gasteiger partial charge is 0.0285 e. The van der Waals surface area contributed by atoms with Crippen LogP contribution in [-0.4, -0.2) is 10.00 Å². The van der Waals surface area contributed by atoms with Crippen LogP contribution in [0, 0.1) is 0 Å². The molecule has 1 rings (SSSR count). The monoisotopic (exact) mass is 142 g/mol. The summed E-state index contributed by atoms with van der Waals surface area (Å²) >= 11 is 2.06. The lowest BCUT2D eigenvalue weighted by Crippen LogP contribution is -2.18. The Morgan fingerprint density at radius 3 is 2.56 bits per heavy atom. The van der Waals surface area contributed by atoms with E-state index < -0.39 is 0 Å². The van der Waals surface area contributed by atoms with Crippen LogP contribution in [0.2, 0.25) is 0 Å². The molecule has 0 aromatic heterocycles. The van der Waals surface area contributed by atoms with Gasteiger partial charge in [-0.05, 0) is 20.3 Å². The molecule has 0 nitrogen and oxygen atoms in total. The van der Waals surface area contributed by atoms with E-state index in [2.05, 4.69) is 44.7 Å². The van der Waals surface area contributed by atoms with Crippen LogP contribution >= 0.6 is 11.8 Å². The second-order valence-corrected chi connectivity index (χ2v) is 5.26. The van der Waals surface area contributed by atoms with E-state index in [-0.39, 0.29) is 0 Å². The number of hydrogen-bond donors (Lipinski definition) is 0. The fourth-order valence-electron chi connectivity index (χ4n) is 1.15. The summed E-state index contributed by atoms with van der Waals surface area (Å²) < 4.78 is 0.387. The maximum Gasteiger partial charge on any atom is 0.0285 e. The van der Waals surface area contributed by atoms with Gasteiger partial charge in [0.15, 0.2) is 0 Å². The van der Waals surface area contributed by atoms with E-state index in [1.54, 1.807) is 0 Å². The molecule has 0 saturated heterocycles. The molecule has 0 aromatic rings. The summed E-state index contributed by atoms with van der Waals surface area (Å²) in [4.78, 5) is 0. The Balaban J connectivity index is 2.60. The highest BCUT2D eigenvalue weighted by Gasteiger charge is 2.20. The minimum Gasteiger partial charge on any atom is -0.148 e. The van der Waals surface area contributed by atoms with Crippen molar-refractivity contribution in [3.8, 4) is 0 Å². The summed E-state index contributed by atoms with van der Waals surface area (Å²) in [6.45, 7) is 6.82. The SMILES string of the molecule is CC1CC=CC(C)(C)S1. The molecule has 52 valence electrons. The molecule has 0 radical (unpaired) electrons. The van der Waals surface area contributed by atoms with E-state index in [1.807, 2.05) is 0 Å². The molecule has 0 saturated carbocycles. The quantitative estimate of drug-likeness (QED) is 0.469. The van der Waals surface area contributed by atoms with Crippen molar-refractivity contribution in [1.29, 1.82) is 0 Å². The predicted molar refractivity (Wildman–Crippen MR) is 44.9 cm³/mol. The van der Waals surface area contributed by atoms with Crippen molar-refractivity contribution < 1.29 is 0 Å². The van der Waals surface area contributed by atoms with Crippen LogP contribution < -0.4 is 0 Å². The lowest BCUT2D eigenvalue weighted by molar-refractivity contribution is 0.833. The number of rotatable bonds is 0. The highest BCUT2D eigenvalue weighted by Crippen LogP contribution is 2.35. The van der Waals surface area contributed by atoms with Gasteiger partial charge in [0.2, 0.25) is 0 Å². The predicted octanol–water partition coefficient (Wildman–Crippen LogP) is 2.85. The molecule has 0 bridgehead atoms. The van der Waals surface area contributed by atoms with Gasteiger partial charge in [-0.25, -0.2) is 0 Å². The van der Waals surface area contributed by atoms with E-state index in [0.29, 0.717) is 4.75 Å². The van der Waals surface area contributed by atoms with Gasteiger partial charge in [-0.2, -0.15) is 0 Å². The molecular weight excluding hydrogens is 128 g/mol. The molecule has 1 heteroatoms. The third kappa shape index (κ3) is 2.05. The van der Waals surface area contributed by atoms with Crippen LogP contribution in [-0.2, 0) is 0 Å². The molecular formula is C8H14S. The Kier molecular flexibility index (Phi) is 1.90. The summed E-state index contributed by atoms with van der Waals surface area (Å²) in [7, 11) is 0. The van der Waals surface area contributed by atoms with Crippen molar-refractivity contribution in [2.24, 2.45) is 0 Å². The topological polar surface area (TPSA) is 0 Å². The average molecular weight is 142 g/mol. The largest absolute Gasteiger partial charge is 0.148 e. The van der Waals surface area contributed by atoms with Crippen LogP contribution in [0.1, 0.15) is 27.2 Å². The minimum atomic E-state index is 0.387. The van der Waals surface area contributed by atoms with Gasteiger partial charge < -0.3 is 0 Å². The average Bonchev–Trinajstić information content (AvgIpc) is 1.60. The number of allylic oxidation sites excluding steroid dienone is 1. The first-order valence-corrected chi connectivity index (χ1v) is 4.34. The lowest BCUT2D eigenvalue weighted by atomic mass is 10.1. The first-order chi connectivity index (χ1) is 4.10. The fraction of sp³-hybridized carbons (Fsp3) is 0.750. The van der Waals surface area contributed by atoms with Crippen molar-refractivity contribution in [1.82, 2.24) is 0 Å². The van der Waals surface area contributed by atoms with Crippen LogP contribution in [0.4, 0.5) is 0 Å². The van der Waals surface area contributed by atoms with E-state index in [4.69, 9.17) is 0 Å². The van der Waals surface area contributed by atoms with Gasteiger partial charge in [0, 0.05) is 10.00 Å². The third-order valence-corrected chi connectivity index (χ3v) is 2.83. The fourth-order valence-corrected chi connectivity index (χ4v) is 2.57. The summed E-state index contributed by atoms with van der Waals surface area (Å²) in [5, 5.41) is 0.810. The molecule has 0 N–H and O–H groups in total. The molecule has 1 atom stereocenters. The number of thioether (sulfide) groups is 1. The van der Waals surface area contributed by atoms with Crippen LogP contribution in [0.3, 0.4) is 0 Å². The second kappa shape index (κ2) is 2.37. The second-order valence-electron chi connectivity index (χ2n) is 3.17. The molecule has 1 aliphatic heterocycles. The van der Waals surface area contributed by atoms with E-state index in [0.717, 1.165) is 5.25 Å². The molecule has 1 heterocycles. The zero-order chi connectivity index (χ0) is 6.91. The van der Waals surface area contributed by atoms with Crippen LogP contribution in [0.5, 0.6) is 0 Å². The molecule has 0 spiro atoms. The molecule has 0 aromatic carbocycles. The summed E-state index contributed by atoms with van der Waals surface area (Å²) in [6.07, 6.45) is 5.84. The molecule has 1 unspecified atom stereocenters. The molecule has 0 fully saturated rings. The van der Waals surface area contributed by atoms with Gasteiger partial charge >= 0.3 is 0 Å². The van der Waals surface area contributed by atoms with Crippen molar-refractivity contribution in [3.63, 3.8) is 0 Å². The van der Waals surface area contributed by atoms with Crippen LogP contribution in [0.15, 0.2) is 12.2 Å². The molecule has 9 heavy (non-hydrogen) atoms. The Bertz CT molecular complexity index is 125. The normalized spacial score (nSPS) is 32.6. The maximum atomic E-state index is 2.30. The van der Waals surface area contributed by atoms with E-state index in [1.165, 1.54) is 6.42 Å². The van der Waals surface area contributed by atoms with Gasteiger partial charge in [0.05, 0.1) is 0 Å². The Morgan fingerprint density at radius 1 is 1.56 bits per heavy atom. The third-order valence-electron chi connectivity index (χ3n) is 1.49. The zero-order valence-electron chi connectivity index (χ0n) is 6.35. The van der Waals surface area contributed by atoms with Crippen molar-refractivity contribution in [3.05, 3.63) is 12.2 Å². The Morgan fingerprint density at radius 2 is 2.22 bits per heavy atom. The standard InChI is InChI=1S/C8H14S/c1-7-5-4-6-8(2,3)9-7/h4,6-7H,5H2,1-3H3. The Hall–Kier alpha value is 0.0900. The maximum absolute atomic E-state index is 2.30. The molecule has 0 aliphatic carbocycles. The highest BCUT2D eigenvalue weighted by molar-refractivity contribution is 8.01. The summed E-state index contributed by atoms with van der Waals surface area (Å²) in [6, 6.07) is 0. The highest BCUT2D eigenvalue weighted by atomic mass is 32.2. The molecule has 0 amide bonds. The van der Waals surface area contributed by atoms with Gasteiger partial charge in [-0.3, -0.25) is 0 Å². The first-order valence-electron chi connectivity index (χ1n) is 3.46. The van der Waals surface area contributed by atoms with Gasteiger partial charge in [-0.15, -0.1) is 11.8 Å². The van der Waals surface area contributed by atoms with Crippen molar-refractivity contribution in [2.75, 3.05) is 0 Å². The van der Waals surface area contributed by atoms with Crippen molar-refractivity contribution in [2.45, 2.75) is 37.2 Å². The van der Waals surface area contributed by atoms with Gasteiger partial charge in [0.25, 0.3) is 0 Å². The summed E-state index contributed by atoms with van der Waals surface area (Å²) in [5.41, 5.74) is 0. The number of hydrogen-bond acceptors (Lipinski definition) is 1. The van der Waals surface area contributed by atoms with E-state index in [9.17, 15) is 0 Å². The zero-order valence-corrected chi connectivity index (χ0v) is 7.16. The minimum absolute atomic E-state index is 0.387.